The second-order valence-corrected chi connectivity index (χ2v) is 6.54. The van der Waals surface area contributed by atoms with E-state index in [2.05, 4.69) is 4.18 Å². The fraction of sp³-hybridized carbons (Fsp3) is 0.125. The number of benzene rings is 2. The first-order chi connectivity index (χ1) is 10.8. The highest BCUT2D eigenvalue weighted by atomic mass is 32.2. The van der Waals surface area contributed by atoms with Gasteiger partial charge in [0.25, 0.3) is 0 Å². The number of hydrogen-bond acceptors (Lipinski definition) is 5. The van der Waals surface area contributed by atoms with Crippen molar-refractivity contribution in [2.75, 3.05) is 5.75 Å². The minimum absolute atomic E-state index is 0.118. The first-order valence-electron chi connectivity index (χ1n) is 6.72. The van der Waals surface area contributed by atoms with Crippen molar-refractivity contribution in [3.05, 3.63) is 59.7 Å². The van der Waals surface area contributed by atoms with Gasteiger partial charge in [-0.05, 0) is 42.3 Å². The topological polar surface area (TPSA) is 97.7 Å². The molecule has 120 valence electrons. The molecule has 0 aliphatic heterocycles. The van der Waals surface area contributed by atoms with Crippen LogP contribution in [0, 0.1) is 0 Å². The highest BCUT2D eigenvalue weighted by molar-refractivity contribution is 7.87. The summed E-state index contributed by atoms with van der Waals surface area (Å²) in [6.45, 7) is 1.38. The average Bonchev–Trinajstić information content (AvgIpc) is 2.54. The Kier molecular flexibility index (Phi) is 4.80. The molecule has 0 aliphatic rings. The SMILES string of the molecule is CCS(=O)(=O)OC(=O)c1ccc(-c2ccc(C(=O)O)cc2)cc1. The molecule has 0 heterocycles. The van der Waals surface area contributed by atoms with Crippen molar-refractivity contribution in [2.24, 2.45) is 0 Å². The zero-order valence-corrected chi connectivity index (χ0v) is 13.0. The predicted molar refractivity (Wildman–Crippen MR) is 83.7 cm³/mol. The summed E-state index contributed by atoms with van der Waals surface area (Å²) in [7, 11) is -3.85. The Hall–Kier alpha value is -2.67. The second kappa shape index (κ2) is 6.62. The van der Waals surface area contributed by atoms with Crippen molar-refractivity contribution in [2.45, 2.75) is 6.92 Å². The Bertz CT molecular complexity index is 820. The Morgan fingerprint density at radius 3 is 1.74 bits per heavy atom. The molecule has 0 atom stereocenters. The molecule has 2 aromatic carbocycles. The van der Waals surface area contributed by atoms with Gasteiger partial charge in [-0.25, -0.2) is 9.59 Å². The zero-order valence-electron chi connectivity index (χ0n) is 12.2. The van der Waals surface area contributed by atoms with Crippen LogP contribution in [0.25, 0.3) is 11.1 Å². The van der Waals surface area contributed by atoms with Crippen molar-refractivity contribution >= 4 is 22.1 Å². The molecule has 2 rings (SSSR count). The summed E-state index contributed by atoms with van der Waals surface area (Å²) < 4.78 is 27.0. The average molecular weight is 334 g/mol. The van der Waals surface area contributed by atoms with E-state index in [1.807, 2.05) is 0 Å². The lowest BCUT2D eigenvalue weighted by Gasteiger charge is -2.05. The monoisotopic (exact) mass is 334 g/mol. The molecule has 0 spiro atoms. The molecule has 7 heteroatoms. The number of rotatable bonds is 5. The summed E-state index contributed by atoms with van der Waals surface area (Å²) in [4.78, 5) is 22.5. The van der Waals surface area contributed by atoms with E-state index in [9.17, 15) is 18.0 Å². The summed E-state index contributed by atoms with van der Waals surface area (Å²) in [6.07, 6.45) is 0. The first-order valence-corrected chi connectivity index (χ1v) is 8.30. The minimum Gasteiger partial charge on any atom is -0.478 e. The molecule has 1 N–H and O–H groups in total. The van der Waals surface area contributed by atoms with Gasteiger partial charge in [0.2, 0.25) is 0 Å². The van der Waals surface area contributed by atoms with Gasteiger partial charge in [-0.15, -0.1) is 0 Å². The summed E-state index contributed by atoms with van der Waals surface area (Å²) in [6, 6.07) is 12.4. The Balaban J connectivity index is 2.19. The van der Waals surface area contributed by atoms with Gasteiger partial charge in [0.05, 0.1) is 16.9 Å². The number of carbonyl (C=O) groups excluding carboxylic acids is 1. The molecule has 23 heavy (non-hydrogen) atoms. The number of carboxylic acid groups (broad SMARTS) is 1. The van der Waals surface area contributed by atoms with Crippen LogP contribution in [-0.4, -0.2) is 31.2 Å². The second-order valence-electron chi connectivity index (χ2n) is 4.68. The minimum atomic E-state index is -3.85. The van der Waals surface area contributed by atoms with Gasteiger partial charge >= 0.3 is 22.1 Å². The van der Waals surface area contributed by atoms with Crippen LogP contribution >= 0.6 is 0 Å². The van der Waals surface area contributed by atoms with Crippen molar-refractivity contribution in [1.29, 1.82) is 0 Å². The fourth-order valence-corrected chi connectivity index (χ4v) is 2.27. The fourth-order valence-electron chi connectivity index (χ4n) is 1.83. The maximum Gasteiger partial charge on any atom is 0.353 e. The van der Waals surface area contributed by atoms with Crippen LogP contribution in [0.15, 0.2) is 48.5 Å². The standard InChI is InChI=1S/C16H14O6S/c1-2-23(20,21)22-16(19)14-9-5-12(6-10-14)11-3-7-13(8-4-11)15(17)18/h3-10H,2H2,1H3,(H,17,18). The Morgan fingerprint density at radius 2 is 1.35 bits per heavy atom. The van der Waals surface area contributed by atoms with Crippen LogP contribution in [0.5, 0.6) is 0 Å². The molecule has 0 fully saturated rings. The molecular weight excluding hydrogens is 320 g/mol. The highest BCUT2D eigenvalue weighted by Crippen LogP contribution is 2.21. The lowest BCUT2D eigenvalue weighted by atomic mass is 10.0. The van der Waals surface area contributed by atoms with Crippen molar-refractivity contribution in [3.63, 3.8) is 0 Å². The van der Waals surface area contributed by atoms with Crippen LogP contribution in [-0.2, 0) is 14.3 Å². The van der Waals surface area contributed by atoms with Crippen LogP contribution in [0.4, 0.5) is 0 Å². The third-order valence-electron chi connectivity index (χ3n) is 3.14. The Labute approximate surface area is 133 Å². The van der Waals surface area contributed by atoms with E-state index >= 15 is 0 Å². The molecule has 6 nitrogen and oxygen atoms in total. The summed E-state index contributed by atoms with van der Waals surface area (Å²) >= 11 is 0. The normalized spacial score (nSPS) is 11.0. The molecule has 0 saturated heterocycles. The predicted octanol–water partition coefficient (Wildman–Crippen LogP) is 2.56. The quantitative estimate of drug-likeness (QED) is 0.844. The van der Waals surface area contributed by atoms with Crippen LogP contribution < -0.4 is 0 Å². The number of hydrogen-bond donors (Lipinski definition) is 1. The van der Waals surface area contributed by atoms with E-state index in [4.69, 9.17) is 5.11 Å². The molecule has 0 aromatic heterocycles. The molecule has 0 amide bonds. The van der Waals surface area contributed by atoms with Crippen molar-refractivity contribution in [3.8, 4) is 11.1 Å². The smallest absolute Gasteiger partial charge is 0.353 e. The van der Waals surface area contributed by atoms with E-state index in [0.717, 1.165) is 11.1 Å². The van der Waals surface area contributed by atoms with Gasteiger partial charge in [-0.3, -0.25) is 0 Å². The van der Waals surface area contributed by atoms with Crippen LogP contribution in [0.3, 0.4) is 0 Å². The number of aromatic carboxylic acids is 1. The highest BCUT2D eigenvalue weighted by Gasteiger charge is 2.16. The first kappa shape index (κ1) is 16.7. The van der Waals surface area contributed by atoms with Crippen LogP contribution in [0.1, 0.15) is 27.6 Å². The molecule has 2 aromatic rings. The summed E-state index contributed by atoms with van der Waals surface area (Å²) in [5.41, 5.74) is 1.83. The van der Waals surface area contributed by atoms with Gasteiger partial charge in [-0.1, -0.05) is 24.3 Å². The van der Waals surface area contributed by atoms with Crippen molar-refractivity contribution in [1.82, 2.24) is 0 Å². The van der Waals surface area contributed by atoms with Crippen molar-refractivity contribution < 1.29 is 27.3 Å². The maximum absolute atomic E-state index is 11.7. The number of carbonyl (C=O) groups is 2. The molecule has 0 radical (unpaired) electrons. The lowest BCUT2D eigenvalue weighted by molar-refractivity contribution is 0.0694. The zero-order chi connectivity index (χ0) is 17.0. The molecule has 0 unspecified atom stereocenters. The van der Waals surface area contributed by atoms with Crippen LogP contribution in [0.2, 0.25) is 0 Å². The van der Waals surface area contributed by atoms with Gasteiger partial charge < -0.3 is 9.29 Å². The van der Waals surface area contributed by atoms with E-state index < -0.39 is 22.1 Å². The summed E-state index contributed by atoms with van der Waals surface area (Å²) in [5.74, 6) is -2.22. The van der Waals surface area contributed by atoms with Gasteiger partial charge in [0, 0.05) is 0 Å². The van der Waals surface area contributed by atoms with Gasteiger partial charge in [0.1, 0.15) is 0 Å². The molecule has 0 bridgehead atoms. The Morgan fingerprint density at radius 1 is 0.913 bits per heavy atom. The van der Waals surface area contributed by atoms with Gasteiger partial charge in [0.15, 0.2) is 0 Å². The lowest BCUT2D eigenvalue weighted by Crippen LogP contribution is -2.14. The molecule has 0 aliphatic carbocycles. The third kappa shape index (κ3) is 4.17. The van der Waals surface area contributed by atoms with E-state index in [1.54, 1.807) is 24.3 Å². The van der Waals surface area contributed by atoms with Gasteiger partial charge in [-0.2, -0.15) is 8.42 Å². The molecular formula is C16H14O6S. The van der Waals surface area contributed by atoms with E-state index in [-0.39, 0.29) is 16.9 Å². The molecule has 0 saturated carbocycles. The maximum atomic E-state index is 11.7. The third-order valence-corrected chi connectivity index (χ3v) is 4.25. The number of carboxylic acids is 1. The van der Waals surface area contributed by atoms with E-state index in [0.29, 0.717) is 0 Å². The largest absolute Gasteiger partial charge is 0.478 e. The summed E-state index contributed by atoms with van der Waals surface area (Å²) in [5, 5.41) is 8.86. The van der Waals surface area contributed by atoms with E-state index in [1.165, 1.54) is 31.2 Å².